The molecule has 1 aliphatic rings. The second kappa shape index (κ2) is 7.46. The normalized spacial score (nSPS) is 15.6. The Kier molecular flexibility index (Phi) is 5.12. The number of nitrogens with zero attached hydrogens (tertiary/aromatic N) is 3. The summed E-state index contributed by atoms with van der Waals surface area (Å²) in [5.74, 6) is -0.132. The predicted molar refractivity (Wildman–Crippen MR) is 90.0 cm³/mol. The number of carbonyl (C=O) groups is 1. The number of carbonyl (C=O) groups excluding carboxylic acids is 1. The molecule has 0 radical (unpaired) electrons. The van der Waals surface area contributed by atoms with Crippen molar-refractivity contribution < 1.29 is 9.90 Å². The number of amides is 1. The van der Waals surface area contributed by atoms with Crippen LogP contribution < -0.4 is 5.69 Å². The van der Waals surface area contributed by atoms with Gasteiger partial charge in [0.1, 0.15) is 5.69 Å². The highest BCUT2D eigenvalue weighted by Crippen LogP contribution is 2.09. The van der Waals surface area contributed by atoms with Gasteiger partial charge in [-0.2, -0.15) is 0 Å². The third-order valence-electron chi connectivity index (χ3n) is 4.35. The van der Waals surface area contributed by atoms with Gasteiger partial charge in [0.2, 0.25) is 0 Å². The van der Waals surface area contributed by atoms with Gasteiger partial charge in [0, 0.05) is 38.9 Å². The molecule has 128 valence electrons. The standard InChI is InChI=1S/C17H22N4O3/c22-11-10-19-6-8-20(9-7-19)16(23)15-12-18-17(24)21(15)13-14-4-2-1-3-5-14/h1-5,12,22H,6-11,13H2,(H,18,24). The van der Waals surface area contributed by atoms with Gasteiger partial charge in [-0.05, 0) is 5.56 Å². The Bertz CT molecular complexity index is 730. The summed E-state index contributed by atoms with van der Waals surface area (Å²) >= 11 is 0. The van der Waals surface area contributed by atoms with E-state index in [2.05, 4.69) is 9.88 Å². The van der Waals surface area contributed by atoms with Crippen LogP contribution in [0.25, 0.3) is 0 Å². The van der Waals surface area contributed by atoms with Crippen molar-refractivity contribution >= 4 is 5.91 Å². The van der Waals surface area contributed by atoms with Crippen molar-refractivity contribution in [2.24, 2.45) is 0 Å². The number of benzene rings is 1. The predicted octanol–water partition coefficient (Wildman–Crippen LogP) is -0.0252. The number of H-pyrrole nitrogens is 1. The van der Waals surface area contributed by atoms with Crippen LogP contribution in [0, 0.1) is 0 Å². The smallest absolute Gasteiger partial charge is 0.326 e. The molecule has 2 N–H and O–H groups in total. The van der Waals surface area contributed by atoms with Crippen molar-refractivity contribution in [3.8, 4) is 0 Å². The summed E-state index contributed by atoms with van der Waals surface area (Å²) in [6.45, 7) is 3.80. The van der Waals surface area contributed by atoms with Crippen molar-refractivity contribution in [2.75, 3.05) is 39.3 Å². The van der Waals surface area contributed by atoms with Crippen LogP contribution in [0.1, 0.15) is 16.1 Å². The highest BCUT2D eigenvalue weighted by Gasteiger charge is 2.24. The number of aliphatic hydroxyl groups excluding tert-OH is 1. The van der Waals surface area contributed by atoms with Crippen LogP contribution >= 0.6 is 0 Å². The minimum Gasteiger partial charge on any atom is -0.395 e. The molecule has 1 saturated heterocycles. The Hall–Kier alpha value is -2.38. The maximum Gasteiger partial charge on any atom is 0.326 e. The molecule has 0 unspecified atom stereocenters. The lowest BCUT2D eigenvalue weighted by Crippen LogP contribution is -2.49. The first-order chi connectivity index (χ1) is 11.7. The molecule has 7 nitrogen and oxygen atoms in total. The number of hydrogen-bond acceptors (Lipinski definition) is 4. The molecule has 1 aromatic heterocycles. The van der Waals surface area contributed by atoms with Crippen LogP contribution in [0.5, 0.6) is 0 Å². The van der Waals surface area contributed by atoms with Crippen molar-refractivity contribution in [3.05, 3.63) is 58.3 Å². The van der Waals surface area contributed by atoms with Crippen molar-refractivity contribution in [1.29, 1.82) is 0 Å². The van der Waals surface area contributed by atoms with Crippen molar-refractivity contribution in [1.82, 2.24) is 19.4 Å². The number of aromatic nitrogens is 2. The second-order valence-electron chi connectivity index (χ2n) is 5.91. The molecule has 7 heteroatoms. The number of β-amino-alcohol motifs (C(OH)–C–C–N with tert-alkyl or cyclic N) is 1. The zero-order valence-corrected chi connectivity index (χ0v) is 13.5. The maximum atomic E-state index is 12.8. The van der Waals surface area contributed by atoms with Crippen LogP contribution in [0.4, 0.5) is 0 Å². The minimum atomic E-state index is -0.277. The summed E-state index contributed by atoms with van der Waals surface area (Å²) in [6.07, 6.45) is 1.49. The van der Waals surface area contributed by atoms with Crippen LogP contribution in [0.3, 0.4) is 0 Å². The van der Waals surface area contributed by atoms with Gasteiger partial charge in [0.15, 0.2) is 0 Å². The molecule has 0 atom stereocenters. The van der Waals surface area contributed by atoms with Gasteiger partial charge < -0.3 is 15.0 Å². The Morgan fingerprint density at radius 1 is 1.12 bits per heavy atom. The molecule has 0 aliphatic carbocycles. The van der Waals surface area contributed by atoms with E-state index in [0.29, 0.717) is 31.9 Å². The lowest BCUT2D eigenvalue weighted by molar-refractivity contribution is 0.0605. The molecule has 0 spiro atoms. The highest BCUT2D eigenvalue weighted by molar-refractivity contribution is 5.92. The largest absolute Gasteiger partial charge is 0.395 e. The van der Waals surface area contributed by atoms with E-state index in [0.717, 1.165) is 18.7 Å². The number of aliphatic hydroxyl groups is 1. The molecule has 1 fully saturated rings. The quantitative estimate of drug-likeness (QED) is 0.807. The fourth-order valence-corrected chi connectivity index (χ4v) is 2.97. The molecular formula is C17H22N4O3. The lowest BCUT2D eigenvalue weighted by atomic mass is 10.2. The summed E-state index contributed by atoms with van der Waals surface area (Å²) < 4.78 is 1.48. The molecule has 1 amide bonds. The average molecular weight is 330 g/mol. The number of rotatable bonds is 5. The number of hydrogen-bond donors (Lipinski definition) is 2. The van der Waals surface area contributed by atoms with E-state index in [1.54, 1.807) is 4.90 Å². The van der Waals surface area contributed by atoms with E-state index in [4.69, 9.17) is 5.11 Å². The van der Waals surface area contributed by atoms with Crippen LogP contribution in [0.15, 0.2) is 41.3 Å². The first-order valence-corrected chi connectivity index (χ1v) is 8.13. The monoisotopic (exact) mass is 330 g/mol. The number of aromatic amines is 1. The third-order valence-corrected chi connectivity index (χ3v) is 4.35. The lowest BCUT2D eigenvalue weighted by Gasteiger charge is -2.34. The fraction of sp³-hybridized carbons (Fsp3) is 0.412. The molecule has 24 heavy (non-hydrogen) atoms. The van der Waals surface area contributed by atoms with E-state index in [9.17, 15) is 9.59 Å². The van der Waals surface area contributed by atoms with Crippen LogP contribution in [-0.4, -0.2) is 69.7 Å². The topological polar surface area (TPSA) is 81.6 Å². The Morgan fingerprint density at radius 3 is 2.50 bits per heavy atom. The number of imidazole rings is 1. The van der Waals surface area contributed by atoms with Gasteiger partial charge >= 0.3 is 5.69 Å². The SMILES string of the molecule is O=C(c1c[nH]c(=O)n1Cc1ccccc1)N1CCN(CCO)CC1. The molecule has 2 aromatic rings. The Morgan fingerprint density at radius 2 is 1.83 bits per heavy atom. The van der Waals surface area contributed by atoms with E-state index >= 15 is 0 Å². The minimum absolute atomic E-state index is 0.127. The zero-order valence-electron chi connectivity index (χ0n) is 13.5. The van der Waals surface area contributed by atoms with E-state index < -0.39 is 0 Å². The number of piperazine rings is 1. The molecule has 3 rings (SSSR count). The first-order valence-electron chi connectivity index (χ1n) is 8.13. The molecule has 1 aromatic carbocycles. The summed E-state index contributed by atoms with van der Waals surface area (Å²) in [4.78, 5) is 31.3. The summed E-state index contributed by atoms with van der Waals surface area (Å²) in [7, 11) is 0. The molecule has 0 saturated carbocycles. The summed E-state index contributed by atoms with van der Waals surface area (Å²) in [5.41, 5.74) is 1.08. The summed E-state index contributed by atoms with van der Waals surface area (Å²) in [5, 5.41) is 8.99. The van der Waals surface area contributed by atoms with Crippen LogP contribution in [0.2, 0.25) is 0 Å². The molecule has 2 heterocycles. The summed E-state index contributed by atoms with van der Waals surface area (Å²) in [6, 6.07) is 9.60. The first kappa shape index (κ1) is 16.5. The zero-order chi connectivity index (χ0) is 16.9. The Balaban J connectivity index is 1.73. The third kappa shape index (κ3) is 3.58. The Labute approximate surface area is 140 Å². The van der Waals surface area contributed by atoms with Crippen LogP contribution in [-0.2, 0) is 6.54 Å². The van der Waals surface area contributed by atoms with E-state index in [1.165, 1.54) is 10.8 Å². The van der Waals surface area contributed by atoms with Crippen molar-refractivity contribution in [3.63, 3.8) is 0 Å². The van der Waals surface area contributed by atoms with Gasteiger partial charge in [0.25, 0.3) is 5.91 Å². The van der Waals surface area contributed by atoms with Gasteiger partial charge in [0.05, 0.1) is 13.2 Å². The van der Waals surface area contributed by atoms with Gasteiger partial charge in [-0.1, -0.05) is 30.3 Å². The van der Waals surface area contributed by atoms with E-state index in [-0.39, 0.29) is 18.2 Å². The average Bonchev–Trinajstić information content (AvgIpc) is 2.97. The number of nitrogens with one attached hydrogen (secondary N) is 1. The molecule has 0 bridgehead atoms. The van der Waals surface area contributed by atoms with E-state index in [1.807, 2.05) is 30.3 Å². The van der Waals surface area contributed by atoms with Gasteiger partial charge in [-0.25, -0.2) is 4.79 Å². The molecular weight excluding hydrogens is 308 g/mol. The van der Waals surface area contributed by atoms with Gasteiger partial charge in [-0.3, -0.25) is 14.3 Å². The van der Waals surface area contributed by atoms with Crippen molar-refractivity contribution in [2.45, 2.75) is 6.54 Å². The maximum absolute atomic E-state index is 12.8. The fourth-order valence-electron chi connectivity index (χ4n) is 2.97. The van der Waals surface area contributed by atoms with Gasteiger partial charge in [-0.15, -0.1) is 0 Å². The second-order valence-corrected chi connectivity index (χ2v) is 5.91. The highest BCUT2D eigenvalue weighted by atomic mass is 16.3. The molecule has 1 aliphatic heterocycles.